The average molecular weight is 295 g/mol. The lowest BCUT2D eigenvalue weighted by atomic mass is 10.0. The van der Waals surface area contributed by atoms with Crippen molar-refractivity contribution in [2.75, 3.05) is 31.1 Å². The Morgan fingerprint density at radius 1 is 0.909 bits per heavy atom. The van der Waals surface area contributed by atoms with Crippen LogP contribution in [0.25, 0.3) is 0 Å². The molecule has 3 rings (SSSR count). The van der Waals surface area contributed by atoms with Gasteiger partial charge in [0.25, 0.3) is 0 Å². The summed E-state index contributed by atoms with van der Waals surface area (Å²) in [6.45, 7) is 12.1. The monoisotopic (exact) mass is 295 g/mol. The molecule has 1 aromatic heterocycles. The Morgan fingerprint density at radius 2 is 1.50 bits per heavy atom. The van der Waals surface area contributed by atoms with Crippen molar-refractivity contribution in [3.63, 3.8) is 0 Å². The zero-order valence-corrected chi connectivity index (χ0v) is 13.8. The fraction of sp³-hybridized carbons (Fsp3) is 0.421. The summed E-state index contributed by atoms with van der Waals surface area (Å²) in [4.78, 5) is 9.13. The minimum absolute atomic E-state index is 1.03. The number of aromatic nitrogens is 1. The van der Waals surface area contributed by atoms with Crippen LogP contribution in [0, 0.1) is 20.8 Å². The van der Waals surface area contributed by atoms with Gasteiger partial charge in [0.1, 0.15) is 0 Å². The molecule has 0 unspecified atom stereocenters. The Kier molecular flexibility index (Phi) is 4.44. The molecule has 1 fully saturated rings. The molecule has 0 radical (unpaired) electrons. The summed E-state index contributed by atoms with van der Waals surface area (Å²) >= 11 is 0. The van der Waals surface area contributed by atoms with Gasteiger partial charge in [0.2, 0.25) is 0 Å². The Bertz CT molecular complexity index is 605. The predicted molar refractivity (Wildman–Crippen MR) is 92.4 cm³/mol. The summed E-state index contributed by atoms with van der Waals surface area (Å²) in [5.74, 6) is 0. The van der Waals surface area contributed by atoms with Crippen molar-refractivity contribution in [1.82, 2.24) is 9.88 Å². The van der Waals surface area contributed by atoms with Crippen LogP contribution in [-0.4, -0.2) is 36.1 Å². The van der Waals surface area contributed by atoms with E-state index in [9.17, 15) is 0 Å². The summed E-state index contributed by atoms with van der Waals surface area (Å²) in [6.07, 6.45) is 3.76. The van der Waals surface area contributed by atoms with Gasteiger partial charge in [-0.25, -0.2) is 0 Å². The van der Waals surface area contributed by atoms with Crippen LogP contribution in [0.4, 0.5) is 5.69 Å². The fourth-order valence-corrected chi connectivity index (χ4v) is 3.11. The molecular formula is C19H25N3. The van der Waals surface area contributed by atoms with Gasteiger partial charge in [-0.1, -0.05) is 0 Å². The lowest BCUT2D eigenvalue weighted by Gasteiger charge is -2.36. The van der Waals surface area contributed by atoms with Crippen molar-refractivity contribution < 1.29 is 0 Å². The second-order valence-electron chi connectivity index (χ2n) is 6.32. The van der Waals surface area contributed by atoms with Crippen LogP contribution in [0.3, 0.4) is 0 Å². The maximum atomic E-state index is 4.09. The molecule has 1 aliphatic heterocycles. The Balaban J connectivity index is 1.62. The number of piperazine rings is 1. The van der Waals surface area contributed by atoms with Gasteiger partial charge in [-0.3, -0.25) is 9.88 Å². The van der Waals surface area contributed by atoms with Gasteiger partial charge in [-0.15, -0.1) is 0 Å². The molecule has 1 aromatic carbocycles. The highest BCUT2D eigenvalue weighted by molar-refractivity contribution is 5.54. The minimum Gasteiger partial charge on any atom is -0.369 e. The summed E-state index contributed by atoms with van der Waals surface area (Å²) in [5.41, 5.74) is 6.94. The van der Waals surface area contributed by atoms with Gasteiger partial charge in [0, 0.05) is 50.8 Å². The first kappa shape index (κ1) is 15.0. The van der Waals surface area contributed by atoms with Gasteiger partial charge >= 0.3 is 0 Å². The first-order valence-electron chi connectivity index (χ1n) is 8.07. The van der Waals surface area contributed by atoms with Crippen LogP contribution in [0.15, 0.2) is 36.7 Å². The molecule has 1 aliphatic rings. The van der Waals surface area contributed by atoms with Gasteiger partial charge in [0.15, 0.2) is 0 Å². The number of anilines is 1. The number of pyridine rings is 1. The number of nitrogens with zero attached hydrogens (tertiary/aromatic N) is 3. The number of rotatable bonds is 3. The molecule has 0 amide bonds. The van der Waals surface area contributed by atoms with Crippen LogP contribution in [0.1, 0.15) is 22.3 Å². The third kappa shape index (κ3) is 3.30. The van der Waals surface area contributed by atoms with E-state index in [0.717, 1.165) is 32.7 Å². The van der Waals surface area contributed by atoms with Crippen LogP contribution in [0.2, 0.25) is 0 Å². The highest BCUT2D eigenvalue weighted by Crippen LogP contribution is 2.23. The van der Waals surface area contributed by atoms with E-state index in [-0.39, 0.29) is 0 Å². The Labute approximate surface area is 133 Å². The molecule has 2 heterocycles. The average Bonchev–Trinajstić information content (AvgIpc) is 2.54. The molecular weight excluding hydrogens is 270 g/mol. The minimum atomic E-state index is 1.03. The summed E-state index contributed by atoms with van der Waals surface area (Å²) in [5, 5.41) is 0. The molecule has 0 atom stereocenters. The van der Waals surface area contributed by atoms with E-state index in [4.69, 9.17) is 0 Å². The molecule has 0 N–H and O–H groups in total. The molecule has 0 aliphatic carbocycles. The first-order valence-corrected chi connectivity index (χ1v) is 8.07. The summed E-state index contributed by atoms with van der Waals surface area (Å²) in [6, 6.07) is 8.89. The van der Waals surface area contributed by atoms with E-state index in [0.29, 0.717) is 0 Å². The van der Waals surface area contributed by atoms with Crippen molar-refractivity contribution in [2.45, 2.75) is 27.3 Å². The van der Waals surface area contributed by atoms with Crippen molar-refractivity contribution in [2.24, 2.45) is 0 Å². The van der Waals surface area contributed by atoms with Gasteiger partial charge < -0.3 is 4.90 Å². The van der Waals surface area contributed by atoms with Gasteiger partial charge in [-0.05, 0) is 67.3 Å². The second-order valence-corrected chi connectivity index (χ2v) is 6.32. The third-order valence-corrected chi connectivity index (χ3v) is 4.80. The molecule has 0 saturated carbocycles. The molecule has 0 spiro atoms. The van der Waals surface area contributed by atoms with Crippen LogP contribution in [0.5, 0.6) is 0 Å². The highest BCUT2D eigenvalue weighted by Gasteiger charge is 2.18. The van der Waals surface area contributed by atoms with Crippen LogP contribution >= 0.6 is 0 Å². The van der Waals surface area contributed by atoms with Gasteiger partial charge in [-0.2, -0.15) is 0 Å². The number of hydrogen-bond donors (Lipinski definition) is 0. The lowest BCUT2D eigenvalue weighted by molar-refractivity contribution is 0.250. The standard InChI is InChI=1S/C19H25N3/c1-15-12-19(13-16(2)17(15)3)22-10-8-21(9-11-22)14-18-4-6-20-7-5-18/h4-7,12-13H,8-11,14H2,1-3H3. The van der Waals surface area contributed by atoms with Crippen molar-refractivity contribution in [1.29, 1.82) is 0 Å². The quantitative estimate of drug-likeness (QED) is 0.866. The Hall–Kier alpha value is -1.87. The molecule has 0 bridgehead atoms. The van der Waals surface area contributed by atoms with Crippen molar-refractivity contribution in [3.8, 4) is 0 Å². The molecule has 1 saturated heterocycles. The van der Waals surface area contributed by atoms with Crippen LogP contribution in [-0.2, 0) is 6.54 Å². The third-order valence-electron chi connectivity index (χ3n) is 4.80. The lowest BCUT2D eigenvalue weighted by Crippen LogP contribution is -2.46. The number of benzene rings is 1. The Morgan fingerprint density at radius 3 is 2.09 bits per heavy atom. The van der Waals surface area contributed by atoms with Crippen molar-refractivity contribution in [3.05, 3.63) is 58.9 Å². The normalized spacial score (nSPS) is 16.0. The highest BCUT2D eigenvalue weighted by atomic mass is 15.3. The molecule has 2 aromatic rings. The maximum absolute atomic E-state index is 4.09. The number of aryl methyl sites for hydroxylation is 2. The zero-order valence-electron chi connectivity index (χ0n) is 13.8. The first-order chi connectivity index (χ1) is 10.6. The van der Waals surface area contributed by atoms with E-state index in [2.05, 4.69) is 59.8 Å². The van der Waals surface area contributed by atoms with E-state index in [1.54, 1.807) is 0 Å². The van der Waals surface area contributed by atoms with E-state index in [1.165, 1.54) is 27.9 Å². The summed E-state index contributed by atoms with van der Waals surface area (Å²) in [7, 11) is 0. The van der Waals surface area contributed by atoms with Crippen LogP contribution < -0.4 is 4.90 Å². The second kappa shape index (κ2) is 6.49. The smallest absolute Gasteiger partial charge is 0.0372 e. The molecule has 3 heteroatoms. The van der Waals surface area contributed by atoms with E-state index < -0.39 is 0 Å². The zero-order chi connectivity index (χ0) is 15.5. The SMILES string of the molecule is Cc1cc(N2CCN(Cc3ccncc3)CC2)cc(C)c1C. The van der Waals surface area contributed by atoms with Gasteiger partial charge in [0.05, 0.1) is 0 Å². The summed E-state index contributed by atoms with van der Waals surface area (Å²) < 4.78 is 0. The van der Waals surface area contributed by atoms with E-state index in [1.807, 2.05) is 12.4 Å². The topological polar surface area (TPSA) is 19.4 Å². The molecule has 22 heavy (non-hydrogen) atoms. The fourth-order valence-electron chi connectivity index (χ4n) is 3.11. The predicted octanol–water partition coefficient (Wildman–Crippen LogP) is 3.33. The molecule has 3 nitrogen and oxygen atoms in total. The van der Waals surface area contributed by atoms with E-state index >= 15 is 0 Å². The molecule has 116 valence electrons. The van der Waals surface area contributed by atoms with Crippen molar-refractivity contribution >= 4 is 5.69 Å². The number of hydrogen-bond acceptors (Lipinski definition) is 3. The largest absolute Gasteiger partial charge is 0.369 e. The maximum Gasteiger partial charge on any atom is 0.0372 e.